The highest BCUT2D eigenvalue weighted by molar-refractivity contribution is 6.06. The van der Waals surface area contributed by atoms with Crippen LogP contribution in [0.5, 0.6) is 0 Å². The second-order valence-electron chi connectivity index (χ2n) is 3.87. The molecule has 6 heteroatoms. The van der Waals surface area contributed by atoms with Gasteiger partial charge in [-0.2, -0.15) is 13.2 Å². The smallest absolute Gasteiger partial charge is 0.366 e. The van der Waals surface area contributed by atoms with Gasteiger partial charge in [0, 0.05) is 11.1 Å². The maximum absolute atomic E-state index is 12.8. The number of aromatic nitrogens is 1. The number of rotatable bonds is 1. The van der Waals surface area contributed by atoms with E-state index in [1.54, 1.807) is 0 Å². The molecule has 1 aromatic heterocycles. The van der Waals surface area contributed by atoms with Crippen LogP contribution < -0.4 is 5.73 Å². The summed E-state index contributed by atoms with van der Waals surface area (Å²) in [4.78, 5) is 15.1. The Bertz CT molecular complexity index is 635. The Balaban J connectivity index is 2.90. The number of fused-ring (bicyclic) bond motifs is 1. The van der Waals surface area contributed by atoms with Gasteiger partial charge >= 0.3 is 6.18 Å². The zero-order valence-electron chi connectivity index (χ0n) is 9.38. The number of pyridine rings is 1. The molecule has 0 saturated carbocycles. The molecule has 0 spiro atoms. The molecule has 94 valence electrons. The molecule has 0 atom stereocenters. The Labute approximate surface area is 100 Å². The van der Waals surface area contributed by atoms with Gasteiger partial charge in [0.1, 0.15) is 0 Å². The zero-order chi connectivity index (χ0) is 13.5. The summed E-state index contributed by atoms with van der Waals surface area (Å²) in [7, 11) is 0. The molecule has 2 aromatic rings. The third-order valence-electron chi connectivity index (χ3n) is 2.54. The van der Waals surface area contributed by atoms with Crippen LogP contribution in [-0.2, 0) is 6.18 Å². The summed E-state index contributed by atoms with van der Waals surface area (Å²) >= 11 is 0. The van der Waals surface area contributed by atoms with E-state index in [2.05, 4.69) is 4.98 Å². The van der Waals surface area contributed by atoms with Crippen molar-refractivity contribution in [2.45, 2.75) is 13.1 Å². The Hall–Kier alpha value is -2.11. The van der Waals surface area contributed by atoms with Gasteiger partial charge in [-0.1, -0.05) is 12.1 Å². The molecule has 2 N–H and O–H groups in total. The van der Waals surface area contributed by atoms with Crippen molar-refractivity contribution in [3.05, 3.63) is 41.1 Å². The molecular weight excluding hydrogens is 245 g/mol. The van der Waals surface area contributed by atoms with E-state index in [0.717, 1.165) is 6.07 Å². The Morgan fingerprint density at radius 2 is 2.00 bits per heavy atom. The van der Waals surface area contributed by atoms with Crippen molar-refractivity contribution in [2.75, 3.05) is 0 Å². The minimum absolute atomic E-state index is 0.0450. The number of para-hydroxylation sites is 1. The number of nitrogens with zero attached hydrogens (tertiary/aromatic N) is 1. The molecule has 0 radical (unpaired) electrons. The molecule has 0 aliphatic rings. The van der Waals surface area contributed by atoms with Gasteiger partial charge in [-0.05, 0) is 19.1 Å². The summed E-state index contributed by atoms with van der Waals surface area (Å²) in [5.41, 5.74) is 4.40. The van der Waals surface area contributed by atoms with Crippen LogP contribution in [0.4, 0.5) is 13.2 Å². The lowest BCUT2D eigenvalue weighted by atomic mass is 10.0. The fraction of sp³-hybridized carbons (Fsp3) is 0.167. The number of aryl methyl sites for hydroxylation is 1. The largest absolute Gasteiger partial charge is 0.418 e. The summed E-state index contributed by atoms with van der Waals surface area (Å²) in [5, 5.41) is 0.114. The second kappa shape index (κ2) is 3.97. The van der Waals surface area contributed by atoms with E-state index in [0.29, 0.717) is 5.69 Å². The molecule has 2 rings (SSSR count). The maximum Gasteiger partial charge on any atom is 0.418 e. The predicted molar refractivity (Wildman–Crippen MR) is 60.0 cm³/mol. The molecule has 0 aliphatic heterocycles. The van der Waals surface area contributed by atoms with Crippen molar-refractivity contribution in [3.63, 3.8) is 0 Å². The molecular formula is C12H9F3N2O. The van der Waals surface area contributed by atoms with E-state index < -0.39 is 17.6 Å². The van der Waals surface area contributed by atoms with Crippen LogP contribution >= 0.6 is 0 Å². The number of hydrogen-bond acceptors (Lipinski definition) is 2. The normalized spacial score (nSPS) is 11.8. The first-order chi connectivity index (χ1) is 8.30. The average Bonchev–Trinajstić information content (AvgIpc) is 2.25. The van der Waals surface area contributed by atoms with Crippen molar-refractivity contribution in [1.82, 2.24) is 4.98 Å². The lowest BCUT2D eigenvalue weighted by Crippen LogP contribution is -2.14. The number of halogens is 3. The van der Waals surface area contributed by atoms with E-state index in [-0.39, 0.29) is 16.5 Å². The quantitative estimate of drug-likeness (QED) is 0.850. The Morgan fingerprint density at radius 3 is 2.56 bits per heavy atom. The lowest BCUT2D eigenvalue weighted by Gasteiger charge is -2.11. The minimum Gasteiger partial charge on any atom is -0.366 e. The standard InChI is InChI=1S/C12H9F3N2O/c1-6-5-8(11(16)18)7-3-2-4-9(10(7)17-6)12(13,14)15/h2-5H,1H3,(H2,16,18). The van der Waals surface area contributed by atoms with Crippen molar-refractivity contribution < 1.29 is 18.0 Å². The fourth-order valence-electron chi connectivity index (χ4n) is 1.81. The maximum atomic E-state index is 12.8. The summed E-state index contributed by atoms with van der Waals surface area (Å²) in [6.45, 7) is 1.51. The summed E-state index contributed by atoms with van der Waals surface area (Å²) in [6, 6.07) is 4.94. The van der Waals surface area contributed by atoms with Crippen molar-refractivity contribution >= 4 is 16.8 Å². The van der Waals surface area contributed by atoms with Crippen LogP contribution in [0, 0.1) is 6.92 Å². The molecule has 3 nitrogen and oxygen atoms in total. The first-order valence-corrected chi connectivity index (χ1v) is 5.08. The summed E-state index contributed by atoms with van der Waals surface area (Å²) in [6.07, 6.45) is -4.52. The number of carbonyl (C=O) groups is 1. The van der Waals surface area contributed by atoms with Crippen LogP contribution in [0.3, 0.4) is 0 Å². The molecule has 0 unspecified atom stereocenters. The SMILES string of the molecule is Cc1cc(C(N)=O)c2cccc(C(F)(F)F)c2n1. The molecule has 1 heterocycles. The fourth-order valence-corrected chi connectivity index (χ4v) is 1.81. The van der Waals surface area contributed by atoms with Crippen LogP contribution in [0.1, 0.15) is 21.6 Å². The van der Waals surface area contributed by atoms with Gasteiger partial charge < -0.3 is 5.73 Å². The van der Waals surface area contributed by atoms with Gasteiger partial charge in [0.05, 0.1) is 16.6 Å². The van der Waals surface area contributed by atoms with Crippen LogP contribution in [0.25, 0.3) is 10.9 Å². The van der Waals surface area contributed by atoms with Gasteiger partial charge in [-0.15, -0.1) is 0 Å². The van der Waals surface area contributed by atoms with Gasteiger partial charge in [-0.3, -0.25) is 9.78 Å². The third-order valence-corrected chi connectivity index (χ3v) is 2.54. The van der Waals surface area contributed by atoms with Crippen LogP contribution in [-0.4, -0.2) is 10.9 Å². The summed E-state index contributed by atoms with van der Waals surface area (Å²) in [5.74, 6) is -0.773. The summed E-state index contributed by atoms with van der Waals surface area (Å²) < 4.78 is 38.5. The van der Waals surface area contributed by atoms with Crippen LogP contribution in [0.15, 0.2) is 24.3 Å². The third kappa shape index (κ3) is 2.01. The van der Waals surface area contributed by atoms with Crippen LogP contribution in [0.2, 0.25) is 0 Å². The first kappa shape index (κ1) is 12.3. The van der Waals surface area contributed by atoms with Gasteiger partial charge in [0.15, 0.2) is 0 Å². The zero-order valence-corrected chi connectivity index (χ0v) is 9.38. The number of primary amides is 1. The number of hydrogen-bond donors (Lipinski definition) is 1. The number of nitrogens with two attached hydrogens (primary N) is 1. The average molecular weight is 254 g/mol. The van der Waals surface area contributed by atoms with E-state index in [4.69, 9.17) is 5.73 Å². The van der Waals surface area contributed by atoms with E-state index in [9.17, 15) is 18.0 Å². The Kier molecular flexibility index (Phi) is 2.73. The Morgan fingerprint density at radius 1 is 1.33 bits per heavy atom. The van der Waals surface area contributed by atoms with Gasteiger partial charge in [-0.25, -0.2) is 0 Å². The molecule has 0 fully saturated rings. The minimum atomic E-state index is -4.52. The molecule has 0 aliphatic carbocycles. The second-order valence-corrected chi connectivity index (χ2v) is 3.87. The van der Waals surface area contributed by atoms with Gasteiger partial charge in [0.25, 0.3) is 0 Å². The highest BCUT2D eigenvalue weighted by Crippen LogP contribution is 2.34. The number of alkyl halides is 3. The van der Waals surface area contributed by atoms with Crippen molar-refractivity contribution in [2.24, 2.45) is 5.73 Å². The predicted octanol–water partition coefficient (Wildman–Crippen LogP) is 2.66. The molecule has 1 amide bonds. The molecule has 0 saturated heterocycles. The highest BCUT2D eigenvalue weighted by atomic mass is 19.4. The number of carbonyl (C=O) groups excluding carboxylic acids is 1. The number of benzene rings is 1. The van der Waals surface area contributed by atoms with Crippen molar-refractivity contribution in [3.8, 4) is 0 Å². The van der Waals surface area contributed by atoms with E-state index in [1.165, 1.54) is 25.1 Å². The van der Waals surface area contributed by atoms with E-state index >= 15 is 0 Å². The molecule has 0 bridgehead atoms. The molecule has 1 aromatic carbocycles. The monoisotopic (exact) mass is 254 g/mol. The molecule has 18 heavy (non-hydrogen) atoms. The highest BCUT2D eigenvalue weighted by Gasteiger charge is 2.33. The topological polar surface area (TPSA) is 56.0 Å². The first-order valence-electron chi connectivity index (χ1n) is 5.08. The number of amides is 1. The lowest BCUT2D eigenvalue weighted by molar-refractivity contribution is -0.136. The van der Waals surface area contributed by atoms with E-state index in [1.807, 2.05) is 0 Å². The van der Waals surface area contributed by atoms with Gasteiger partial charge in [0.2, 0.25) is 5.91 Å². The van der Waals surface area contributed by atoms with Crippen molar-refractivity contribution in [1.29, 1.82) is 0 Å².